The van der Waals surface area contributed by atoms with E-state index in [1.807, 2.05) is 0 Å². The fraction of sp³-hybridized carbons (Fsp3) is 1.00. The number of morpholine rings is 1. The Morgan fingerprint density at radius 2 is 1.89 bits per heavy atom. The van der Waals surface area contributed by atoms with Crippen LogP contribution < -0.4 is 5.73 Å². The molecule has 3 atom stereocenters. The Morgan fingerprint density at radius 1 is 1.22 bits per heavy atom. The Kier molecular flexibility index (Phi) is 3.42. The summed E-state index contributed by atoms with van der Waals surface area (Å²) in [5.74, 6) is 2.47. The fourth-order valence-electron chi connectivity index (χ4n) is 3.98. The van der Waals surface area contributed by atoms with Gasteiger partial charge in [-0.25, -0.2) is 0 Å². The Morgan fingerprint density at radius 3 is 2.44 bits per heavy atom. The number of nitrogens with two attached hydrogens (primary N) is 1. The summed E-state index contributed by atoms with van der Waals surface area (Å²) < 4.78 is 5.97. The second-order valence-corrected chi connectivity index (χ2v) is 8.11. The van der Waals surface area contributed by atoms with Gasteiger partial charge < -0.3 is 10.5 Å². The van der Waals surface area contributed by atoms with E-state index in [2.05, 4.69) is 30.5 Å². The average molecular weight is 270 g/mol. The predicted molar refractivity (Wildman–Crippen MR) is 77.0 cm³/mol. The van der Waals surface area contributed by atoms with Crippen molar-refractivity contribution in [3.8, 4) is 0 Å². The van der Waals surface area contributed by atoms with Gasteiger partial charge in [-0.05, 0) is 30.4 Å². The number of fused-ring (bicyclic) bond motifs is 2. The zero-order valence-corrected chi connectivity index (χ0v) is 12.5. The van der Waals surface area contributed by atoms with Gasteiger partial charge in [-0.3, -0.25) is 4.90 Å². The van der Waals surface area contributed by atoms with Gasteiger partial charge in [0.1, 0.15) is 0 Å². The third-order valence-corrected chi connectivity index (χ3v) is 6.49. The molecule has 0 saturated carbocycles. The highest BCUT2D eigenvalue weighted by Crippen LogP contribution is 2.43. The molecule has 3 heterocycles. The molecule has 0 aromatic carbocycles. The molecule has 3 aliphatic rings. The highest BCUT2D eigenvalue weighted by molar-refractivity contribution is 7.99. The number of thioether (sulfide) groups is 1. The maximum atomic E-state index is 6.21. The van der Waals surface area contributed by atoms with Crippen molar-refractivity contribution in [2.24, 2.45) is 11.1 Å². The molecular weight excluding hydrogens is 244 g/mol. The molecule has 3 fully saturated rings. The molecule has 0 amide bonds. The average Bonchev–Trinajstić information content (AvgIpc) is 2.66. The molecule has 0 spiro atoms. The van der Waals surface area contributed by atoms with Gasteiger partial charge in [0.2, 0.25) is 0 Å². The quantitative estimate of drug-likeness (QED) is 0.829. The van der Waals surface area contributed by atoms with E-state index in [-0.39, 0.29) is 5.54 Å². The van der Waals surface area contributed by atoms with Crippen LogP contribution in [0.3, 0.4) is 0 Å². The SMILES string of the molecule is CC1(C)CSCC(CN)(N2CC3CCC(C2)O3)C1. The van der Waals surface area contributed by atoms with Gasteiger partial charge in [-0.2, -0.15) is 11.8 Å². The predicted octanol–water partition coefficient (Wildman–Crippen LogP) is 1.71. The number of ether oxygens (including phenoxy) is 1. The molecule has 0 aromatic rings. The van der Waals surface area contributed by atoms with Crippen LogP contribution in [0.1, 0.15) is 33.1 Å². The van der Waals surface area contributed by atoms with Crippen LogP contribution in [0.5, 0.6) is 0 Å². The second-order valence-electron chi connectivity index (χ2n) is 7.12. The van der Waals surface area contributed by atoms with E-state index >= 15 is 0 Å². The lowest BCUT2D eigenvalue weighted by atomic mass is 9.78. The molecule has 0 aromatic heterocycles. The van der Waals surface area contributed by atoms with E-state index in [0.717, 1.165) is 19.6 Å². The molecule has 0 aliphatic carbocycles. The Balaban J connectivity index is 1.78. The van der Waals surface area contributed by atoms with E-state index < -0.39 is 0 Å². The van der Waals surface area contributed by atoms with Crippen molar-refractivity contribution in [1.82, 2.24) is 4.90 Å². The molecule has 104 valence electrons. The van der Waals surface area contributed by atoms with Gasteiger partial charge in [-0.15, -0.1) is 0 Å². The van der Waals surface area contributed by atoms with E-state index in [4.69, 9.17) is 10.5 Å². The summed E-state index contributed by atoms with van der Waals surface area (Å²) in [6.45, 7) is 7.77. The minimum Gasteiger partial charge on any atom is -0.372 e. The number of rotatable bonds is 2. The molecule has 0 radical (unpaired) electrons. The standard InChI is InChI=1S/C14H26N2OS/c1-13(2)7-14(8-15,10-18-9-13)16-5-11-3-4-12(6-16)17-11/h11-12H,3-10,15H2,1-2H3. The number of nitrogens with zero attached hydrogens (tertiary/aromatic N) is 1. The van der Waals surface area contributed by atoms with Crippen molar-refractivity contribution in [2.75, 3.05) is 31.1 Å². The van der Waals surface area contributed by atoms with Crippen LogP contribution in [-0.2, 0) is 4.74 Å². The highest BCUT2D eigenvalue weighted by Gasteiger charge is 2.47. The van der Waals surface area contributed by atoms with Gasteiger partial charge in [0.25, 0.3) is 0 Å². The van der Waals surface area contributed by atoms with Gasteiger partial charge >= 0.3 is 0 Å². The topological polar surface area (TPSA) is 38.5 Å². The lowest BCUT2D eigenvalue weighted by Gasteiger charge is -2.52. The van der Waals surface area contributed by atoms with Gasteiger partial charge in [0.15, 0.2) is 0 Å². The van der Waals surface area contributed by atoms with Crippen molar-refractivity contribution in [3.63, 3.8) is 0 Å². The maximum absolute atomic E-state index is 6.21. The first-order chi connectivity index (χ1) is 8.53. The minimum atomic E-state index is 0.219. The molecular formula is C14H26N2OS. The van der Waals surface area contributed by atoms with E-state index in [1.165, 1.54) is 30.8 Å². The molecule has 4 heteroatoms. The van der Waals surface area contributed by atoms with E-state index in [1.54, 1.807) is 0 Å². The second kappa shape index (κ2) is 4.65. The summed E-state index contributed by atoms with van der Waals surface area (Å²) in [7, 11) is 0. The van der Waals surface area contributed by atoms with Crippen molar-refractivity contribution < 1.29 is 4.74 Å². The van der Waals surface area contributed by atoms with Gasteiger partial charge in [-0.1, -0.05) is 13.8 Å². The molecule has 3 rings (SSSR count). The van der Waals surface area contributed by atoms with Crippen LogP contribution in [-0.4, -0.2) is 53.8 Å². The monoisotopic (exact) mass is 270 g/mol. The molecule has 3 aliphatic heterocycles. The first kappa shape index (κ1) is 13.2. The number of hydrogen-bond donors (Lipinski definition) is 1. The van der Waals surface area contributed by atoms with Crippen molar-refractivity contribution in [2.45, 2.75) is 50.9 Å². The summed E-state index contributed by atoms with van der Waals surface area (Å²) in [4.78, 5) is 2.67. The first-order valence-electron chi connectivity index (χ1n) is 7.21. The summed E-state index contributed by atoms with van der Waals surface area (Å²) in [6, 6.07) is 0. The Hall–Kier alpha value is 0.230. The minimum absolute atomic E-state index is 0.219. The highest BCUT2D eigenvalue weighted by atomic mass is 32.2. The van der Waals surface area contributed by atoms with Crippen LogP contribution in [0.4, 0.5) is 0 Å². The fourth-order valence-corrected chi connectivity index (χ4v) is 5.51. The van der Waals surface area contributed by atoms with Crippen molar-refractivity contribution in [3.05, 3.63) is 0 Å². The summed E-state index contributed by atoms with van der Waals surface area (Å²) >= 11 is 2.09. The van der Waals surface area contributed by atoms with Crippen LogP contribution in [0.25, 0.3) is 0 Å². The van der Waals surface area contributed by atoms with Crippen molar-refractivity contribution in [1.29, 1.82) is 0 Å². The molecule has 3 nitrogen and oxygen atoms in total. The number of hydrogen-bond acceptors (Lipinski definition) is 4. The van der Waals surface area contributed by atoms with E-state index in [9.17, 15) is 0 Å². The smallest absolute Gasteiger partial charge is 0.0707 e. The Bertz CT molecular complexity index is 311. The first-order valence-corrected chi connectivity index (χ1v) is 8.37. The molecule has 2 bridgehead atoms. The lowest BCUT2D eigenvalue weighted by molar-refractivity contribution is -0.0800. The normalized spacial score (nSPS) is 44.2. The summed E-state index contributed by atoms with van der Waals surface area (Å²) in [5.41, 5.74) is 6.84. The third kappa shape index (κ3) is 2.33. The van der Waals surface area contributed by atoms with Crippen LogP contribution in [0.2, 0.25) is 0 Å². The van der Waals surface area contributed by atoms with Gasteiger partial charge in [0.05, 0.1) is 12.2 Å². The molecule has 3 saturated heterocycles. The molecule has 2 N–H and O–H groups in total. The van der Waals surface area contributed by atoms with Crippen LogP contribution >= 0.6 is 11.8 Å². The summed E-state index contributed by atoms with van der Waals surface area (Å²) in [6.07, 6.45) is 4.68. The van der Waals surface area contributed by atoms with Crippen LogP contribution in [0, 0.1) is 5.41 Å². The summed E-state index contributed by atoms with van der Waals surface area (Å²) in [5, 5.41) is 0. The lowest BCUT2D eigenvalue weighted by Crippen LogP contribution is -2.63. The maximum Gasteiger partial charge on any atom is 0.0707 e. The Labute approximate surface area is 115 Å². The zero-order valence-electron chi connectivity index (χ0n) is 11.7. The van der Waals surface area contributed by atoms with Gasteiger partial charge in [0, 0.05) is 30.9 Å². The third-order valence-electron chi connectivity index (χ3n) is 4.77. The van der Waals surface area contributed by atoms with Crippen LogP contribution in [0.15, 0.2) is 0 Å². The molecule has 18 heavy (non-hydrogen) atoms. The number of likely N-dealkylation sites (tertiary alicyclic amines) is 1. The largest absolute Gasteiger partial charge is 0.372 e. The van der Waals surface area contributed by atoms with Crippen molar-refractivity contribution >= 4 is 11.8 Å². The zero-order chi connectivity index (χ0) is 12.8. The van der Waals surface area contributed by atoms with E-state index in [0.29, 0.717) is 17.6 Å². The molecule has 3 unspecified atom stereocenters.